The molecule has 3 N–H and O–H groups in total. The summed E-state index contributed by atoms with van der Waals surface area (Å²) in [5.74, 6) is -1.90. The Hall–Kier alpha value is -4.11. The smallest absolute Gasteiger partial charge is 0.234 e. The summed E-state index contributed by atoms with van der Waals surface area (Å²) in [7, 11) is 0. The summed E-state index contributed by atoms with van der Waals surface area (Å²) in [5, 5.41) is 32.0. The summed E-state index contributed by atoms with van der Waals surface area (Å²) in [6, 6.07) is 22.8. The number of piperidine rings is 1. The van der Waals surface area contributed by atoms with Gasteiger partial charge in [-0.1, -0.05) is 54.1 Å². The maximum atomic E-state index is 14.0. The average Bonchev–Trinajstić information content (AvgIpc) is 3.32. The minimum Gasteiger partial charge on any atom is -0.508 e. The van der Waals surface area contributed by atoms with Crippen LogP contribution in [0.3, 0.4) is 0 Å². The minimum absolute atomic E-state index is 0.128. The Labute approximate surface area is 270 Å². The predicted molar refractivity (Wildman–Crippen MR) is 177 cm³/mol. The van der Waals surface area contributed by atoms with Crippen LogP contribution < -0.4 is 0 Å². The fourth-order valence-electron chi connectivity index (χ4n) is 7.72. The van der Waals surface area contributed by atoms with E-state index in [1.807, 2.05) is 61.5 Å². The number of carbonyl (C=O) groups excluding carboxylic acids is 2. The number of carbonyl (C=O) groups is 2. The van der Waals surface area contributed by atoms with E-state index in [0.717, 1.165) is 54.9 Å². The van der Waals surface area contributed by atoms with Crippen LogP contribution in [-0.2, 0) is 16.1 Å². The molecule has 46 heavy (non-hydrogen) atoms. The van der Waals surface area contributed by atoms with Crippen molar-refractivity contribution < 1.29 is 24.9 Å². The summed E-state index contributed by atoms with van der Waals surface area (Å²) in [6.07, 6.45) is 5.60. The van der Waals surface area contributed by atoms with E-state index in [4.69, 9.17) is 0 Å². The Morgan fingerprint density at radius 2 is 1.70 bits per heavy atom. The number of likely N-dealkylation sites (tertiary alicyclic amines) is 2. The molecule has 0 unspecified atom stereocenters. The highest BCUT2D eigenvalue weighted by Crippen LogP contribution is 2.47. The van der Waals surface area contributed by atoms with Crippen molar-refractivity contribution in [1.29, 1.82) is 0 Å². The molecule has 0 bridgehead atoms. The summed E-state index contributed by atoms with van der Waals surface area (Å²) < 4.78 is 0. The number of allylic oxidation sites excluding steroid dienone is 2. The van der Waals surface area contributed by atoms with E-state index >= 15 is 0 Å². The standard InChI is InChI=1S/C38H43N3O5/c1-25-21-31-36(38(46)41(37(31)45)29-16-19-40(20-17-29)23-27-7-3-2-4-8-27)32(24-42)35(25)34(44)15-12-28(33-9-5-6-18-39-33)22-26-10-13-30(43)14-11-26/h2-11,13-14,18,22,29,31-32,34,36,42-44H,12,15-17,19-21,23-24H2,1H3/b28-22-/t31-,32+,34-,36-/m1/s1. The van der Waals surface area contributed by atoms with Gasteiger partial charge in [0, 0.05) is 37.8 Å². The topological polar surface area (TPSA) is 114 Å². The number of rotatable bonds is 10. The minimum atomic E-state index is -0.886. The van der Waals surface area contributed by atoms with Gasteiger partial charge in [-0.3, -0.25) is 24.4 Å². The number of hydrogen-bond donors (Lipinski definition) is 3. The van der Waals surface area contributed by atoms with Gasteiger partial charge in [0.15, 0.2) is 0 Å². The number of amides is 2. The van der Waals surface area contributed by atoms with Gasteiger partial charge >= 0.3 is 0 Å². The van der Waals surface area contributed by atoms with Crippen LogP contribution in [-0.4, -0.2) is 73.8 Å². The molecular formula is C38H43N3O5. The lowest BCUT2D eigenvalue weighted by Gasteiger charge is -2.36. The number of benzene rings is 2. The van der Waals surface area contributed by atoms with Gasteiger partial charge in [0.25, 0.3) is 0 Å². The number of imide groups is 1. The second-order valence-electron chi connectivity index (χ2n) is 12.9. The van der Waals surface area contributed by atoms with E-state index in [0.29, 0.717) is 24.8 Å². The van der Waals surface area contributed by atoms with Crippen molar-refractivity contribution in [2.75, 3.05) is 19.7 Å². The van der Waals surface area contributed by atoms with Crippen molar-refractivity contribution in [2.24, 2.45) is 17.8 Å². The van der Waals surface area contributed by atoms with Crippen LogP contribution in [0, 0.1) is 17.8 Å². The van der Waals surface area contributed by atoms with Gasteiger partial charge in [-0.25, -0.2) is 0 Å². The quantitative estimate of drug-likeness (QED) is 0.214. The summed E-state index contributed by atoms with van der Waals surface area (Å²) >= 11 is 0. The number of phenolic OH excluding ortho intramolecular Hbond substituents is 1. The van der Waals surface area contributed by atoms with Crippen molar-refractivity contribution in [2.45, 2.75) is 57.7 Å². The Morgan fingerprint density at radius 1 is 0.978 bits per heavy atom. The second kappa shape index (κ2) is 14.1. The summed E-state index contributed by atoms with van der Waals surface area (Å²) in [4.78, 5) is 36.2. The SMILES string of the molecule is CC1=C([C@H](O)CC/C(=C/c2ccc(O)cc2)c2ccccn2)[C@H](CO)[C@@H]2C(=O)N(C3CCN(Cc4ccccc4)CC3)C(=O)[C@@H]2C1. The highest BCUT2D eigenvalue weighted by Gasteiger charge is 2.56. The first kappa shape index (κ1) is 31.9. The molecule has 1 aromatic heterocycles. The second-order valence-corrected chi connectivity index (χ2v) is 12.9. The van der Waals surface area contributed by atoms with Crippen molar-refractivity contribution in [3.05, 3.63) is 107 Å². The van der Waals surface area contributed by atoms with Gasteiger partial charge in [0.1, 0.15) is 5.75 Å². The lowest BCUT2D eigenvalue weighted by Crippen LogP contribution is -2.47. The third-order valence-corrected chi connectivity index (χ3v) is 10.0. The summed E-state index contributed by atoms with van der Waals surface area (Å²) in [5.41, 5.74) is 5.44. The first-order chi connectivity index (χ1) is 22.3. The van der Waals surface area contributed by atoms with Gasteiger partial charge in [-0.15, -0.1) is 0 Å². The van der Waals surface area contributed by atoms with Crippen molar-refractivity contribution >= 4 is 23.5 Å². The average molecular weight is 622 g/mol. The van der Waals surface area contributed by atoms with Crippen molar-refractivity contribution in [3.8, 4) is 5.75 Å². The fourth-order valence-corrected chi connectivity index (χ4v) is 7.72. The number of aromatic hydroxyl groups is 1. The molecule has 2 amide bonds. The monoisotopic (exact) mass is 621 g/mol. The van der Waals surface area contributed by atoms with Crippen LogP contribution in [0.15, 0.2) is 90.1 Å². The molecule has 0 radical (unpaired) electrons. The Kier molecular flexibility index (Phi) is 9.78. The molecule has 3 heterocycles. The lowest BCUT2D eigenvalue weighted by atomic mass is 9.68. The van der Waals surface area contributed by atoms with Gasteiger partial charge in [-0.05, 0) is 91.6 Å². The van der Waals surface area contributed by atoms with Gasteiger partial charge in [0.05, 0.1) is 30.2 Å². The van der Waals surface area contributed by atoms with Crippen LogP contribution in [0.1, 0.15) is 55.8 Å². The lowest BCUT2D eigenvalue weighted by molar-refractivity contribution is -0.144. The van der Waals surface area contributed by atoms with Crippen LogP contribution in [0.4, 0.5) is 0 Å². The molecule has 3 aliphatic rings. The molecule has 0 spiro atoms. The van der Waals surface area contributed by atoms with Gasteiger partial charge < -0.3 is 15.3 Å². The number of hydrogen-bond acceptors (Lipinski definition) is 7. The molecular weight excluding hydrogens is 578 g/mol. The number of pyridine rings is 1. The molecule has 2 fully saturated rings. The third-order valence-electron chi connectivity index (χ3n) is 10.0. The van der Waals surface area contributed by atoms with Crippen molar-refractivity contribution in [1.82, 2.24) is 14.8 Å². The first-order valence-electron chi connectivity index (χ1n) is 16.4. The zero-order valence-corrected chi connectivity index (χ0v) is 26.3. The Balaban J connectivity index is 1.15. The van der Waals surface area contributed by atoms with Gasteiger partial charge in [-0.2, -0.15) is 0 Å². The number of aromatic nitrogens is 1. The predicted octanol–water partition coefficient (Wildman–Crippen LogP) is 5.06. The molecule has 4 atom stereocenters. The van der Waals surface area contributed by atoms with E-state index in [9.17, 15) is 24.9 Å². The number of phenols is 1. The number of nitrogens with zero attached hydrogens (tertiary/aromatic N) is 3. The van der Waals surface area contributed by atoms with E-state index in [1.54, 1.807) is 18.3 Å². The van der Waals surface area contributed by atoms with E-state index in [2.05, 4.69) is 22.0 Å². The van der Waals surface area contributed by atoms with Crippen molar-refractivity contribution in [3.63, 3.8) is 0 Å². The highest BCUT2D eigenvalue weighted by molar-refractivity contribution is 6.06. The molecule has 240 valence electrons. The fraction of sp³-hybridized carbons (Fsp3) is 0.395. The van der Waals surface area contributed by atoms with E-state index < -0.39 is 23.9 Å². The van der Waals surface area contributed by atoms with Crippen LogP contribution in [0.25, 0.3) is 11.6 Å². The number of aliphatic hydroxyl groups is 2. The molecule has 2 aromatic carbocycles. The van der Waals surface area contributed by atoms with Crippen LogP contribution in [0.2, 0.25) is 0 Å². The first-order valence-corrected chi connectivity index (χ1v) is 16.4. The van der Waals surface area contributed by atoms with Crippen LogP contribution in [0.5, 0.6) is 5.75 Å². The zero-order chi connectivity index (χ0) is 32.2. The molecule has 3 aromatic rings. The van der Waals surface area contributed by atoms with E-state index in [1.165, 1.54) is 10.5 Å². The maximum absolute atomic E-state index is 14.0. The zero-order valence-electron chi connectivity index (χ0n) is 26.3. The molecule has 6 rings (SSSR count). The normalized spacial score (nSPS) is 23.6. The molecule has 8 nitrogen and oxygen atoms in total. The molecule has 0 saturated carbocycles. The highest BCUT2D eigenvalue weighted by atomic mass is 16.3. The third kappa shape index (κ3) is 6.70. The summed E-state index contributed by atoms with van der Waals surface area (Å²) in [6.45, 7) is 4.10. The number of fused-ring (bicyclic) bond motifs is 1. The number of aliphatic hydroxyl groups excluding tert-OH is 2. The molecule has 8 heteroatoms. The largest absolute Gasteiger partial charge is 0.508 e. The van der Waals surface area contributed by atoms with Crippen LogP contribution >= 0.6 is 0 Å². The Bertz CT molecular complexity index is 1580. The van der Waals surface area contributed by atoms with E-state index in [-0.39, 0.29) is 30.2 Å². The molecule has 1 aliphatic carbocycles. The Morgan fingerprint density at radius 3 is 2.37 bits per heavy atom. The maximum Gasteiger partial charge on any atom is 0.234 e. The molecule has 2 saturated heterocycles. The van der Waals surface area contributed by atoms with Gasteiger partial charge in [0.2, 0.25) is 11.8 Å². The molecule has 2 aliphatic heterocycles.